The van der Waals surface area contributed by atoms with Gasteiger partial charge in [-0.15, -0.1) is 0 Å². The molecule has 0 N–H and O–H groups in total. The average molecular weight is 507 g/mol. The van der Waals surface area contributed by atoms with E-state index in [-0.39, 0.29) is 17.2 Å². The predicted octanol–water partition coefficient (Wildman–Crippen LogP) is 5.70. The van der Waals surface area contributed by atoms with Gasteiger partial charge in [0.2, 0.25) is 11.8 Å². The number of non-ortho nitro benzene ring substituents is 1. The molecule has 1 heterocycles. The van der Waals surface area contributed by atoms with E-state index in [4.69, 9.17) is 0 Å². The highest BCUT2D eigenvalue weighted by atomic mass is 16.6. The monoisotopic (exact) mass is 506 g/mol. The molecule has 0 radical (unpaired) electrons. The number of nitro groups is 1. The van der Waals surface area contributed by atoms with E-state index in [1.54, 1.807) is 0 Å². The van der Waals surface area contributed by atoms with E-state index >= 15 is 0 Å². The van der Waals surface area contributed by atoms with Gasteiger partial charge in [-0.2, -0.15) is 0 Å². The van der Waals surface area contributed by atoms with Gasteiger partial charge >= 0.3 is 0 Å². The number of hydrogen-bond acceptors (Lipinski definition) is 5. The Bertz CT molecular complexity index is 1550. The van der Waals surface area contributed by atoms with Crippen LogP contribution in [0, 0.1) is 32.8 Å². The molecule has 38 heavy (non-hydrogen) atoms. The molecule has 2 aliphatic carbocycles. The number of ketones is 1. The van der Waals surface area contributed by atoms with Crippen molar-refractivity contribution in [3.8, 4) is 0 Å². The molecule has 2 fully saturated rings. The molecule has 3 aliphatic rings. The van der Waals surface area contributed by atoms with E-state index in [1.165, 1.54) is 24.3 Å². The number of carbonyl (C=O) groups excluding carboxylic acids is 3. The summed E-state index contributed by atoms with van der Waals surface area (Å²) >= 11 is 0. The van der Waals surface area contributed by atoms with Gasteiger partial charge in [-0.1, -0.05) is 80.1 Å². The predicted molar refractivity (Wildman–Crippen MR) is 143 cm³/mol. The Morgan fingerprint density at radius 1 is 0.816 bits per heavy atom. The Morgan fingerprint density at radius 3 is 1.97 bits per heavy atom. The average Bonchev–Trinajstić information content (AvgIpc) is 3.39. The van der Waals surface area contributed by atoms with E-state index in [0.717, 1.165) is 27.2 Å². The van der Waals surface area contributed by atoms with Gasteiger partial charge in [0, 0.05) is 12.1 Å². The Hall–Kier alpha value is -4.39. The summed E-state index contributed by atoms with van der Waals surface area (Å²) in [6.45, 7) is 3.79. The standard InChI is InChI=1S/C31H26N2O5/c1-3-17-31-24(20-13-8-5-9-14-20)23(19-11-6-4-7-12-19)30(2,29(31)36)25-26(31)28(35)32(27(25)34)21-15-10-16-22(18-21)33(37)38/h4-16,18,25-26H,3,17H2,1-2H3/t25-,26+,30-,31+/m0/s1. The number of fused-ring (bicyclic) bond motifs is 5. The molecule has 3 aromatic rings. The molecule has 2 amide bonds. The molecule has 1 aliphatic heterocycles. The highest BCUT2D eigenvalue weighted by molar-refractivity contribution is 6.34. The number of allylic oxidation sites excluding steroid dienone is 2. The topological polar surface area (TPSA) is 97.6 Å². The van der Waals surface area contributed by atoms with Crippen LogP contribution in [0.2, 0.25) is 0 Å². The number of amides is 2. The Morgan fingerprint density at radius 2 is 1.39 bits per heavy atom. The fraction of sp³-hybridized carbons (Fsp3) is 0.258. The first kappa shape index (κ1) is 24.0. The lowest BCUT2D eigenvalue weighted by Crippen LogP contribution is -2.41. The first-order chi connectivity index (χ1) is 18.3. The normalized spacial score (nSPS) is 27.8. The quantitative estimate of drug-likeness (QED) is 0.243. The van der Waals surface area contributed by atoms with Crippen LogP contribution in [0.15, 0.2) is 84.9 Å². The third kappa shape index (κ3) is 2.87. The molecular formula is C31H26N2O5. The molecule has 1 saturated heterocycles. The van der Waals surface area contributed by atoms with Crippen LogP contribution in [0.5, 0.6) is 0 Å². The van der Waals surface area contributed by atoms with Gasteiger partial charge in [0.1, 0.15) is 0 Å². The van der Waals surface area contributed by atoms with Crippen LogP contribution in [0.1, 0.15) is 37.8 Å². The van der Waals surface area contributed by atoms with Crippen LogP contribution in [-0.4, -0.2) is 22.5 Å². The largest absolute Gasteiger partial charge is 0.298 e. The van der Waals surface area contributed by atoms with Crippen LogP contribution >= 0.6 is 0 Å². The lowest BCUT2D eigenvalue weighted by molar-refractivity contribution is -0.384. The number of nitro benzene ring substituents is 1. The first-order valence-corrected chi connectivity index (χ1v) is 12.8. The van der Waals surface area contributed by atoms with Gasteiger partial charge in [0.25, 0.3) is 5.69 Å². The van der Waals surface area contributed by atoms with Crippen LogP contribution in [0.25, 0.3) is 11.1 Å². The van der Waals surface area contributed by atoms with Crippen LogP contribution in [-0.2, 0) is 14.4 Å². The maximum atomic E-state index is 14.6. The maximum Gasteiger partial charge on any atom is 0.271 e. The first-order valence-electron chi connectivity index (χ1n) is 12.8. The zero-order valence-corrected chi connectivity index (χ0v) is 21.1. The second kappa shape index (κ2) is 8.31. The number of imide groups is 1. The molecule has 0 unspecified atom stereocenters. The zero-order chi connectivity index (χ0) is 26.8. The fourth-order valence-electron chi connectivity index (χ4n) is 7.36. The van der Waals surface area contributed by atoms with Gasteiger partial charge in [-0.05, 0) is 41.7 Å². The number of rotatable bonds is 6. The highest BCUT2D eigenvalue weighted by Gasteiger charge is 2.80. The molecule has 0 spiro atoms. The number of Topliss-reactive ketones (excluding diaryl/α,β-unsaturated/α-hetero) is 1. The third-order valence-corrected chi connectivity index (χ3v) is 8.62. The van der Waals surface area contributed by atoms with E-state index in [1.807, 2.05) is 74.5 Å². The van der Waals surface area contributed by atoms with Crippen molar-refractivity contribution >= 4 is 40.1 Å². The van der Waals surface area contributed by atoms with Gasteiger partial charge in [-0.3, -0.25) is 24.5 Å². The van der Waals surface area contributed by atoms with E-state index < -0.39 is 39.4 Å². The summed E-state index contributed by atoms with van der Waals surface area (Å²) < 4.78 is 0. The summed E-state index contributed by atoms with van der Waals surface area (Å²) in [7, 11) is 0. The SMILES string of the molecule is CCC[C@@]12C(=O)[C@@](C)(C(c3ccccc3)=C1c1ccccc1)[C@@H]1C(=O)N(c3cccc([N+](=O)[O-])c3)C(=O)[C@@H]12. The van der Waals surface area contributed by atoms with Crippen molar-refractivity contribution in [1.82, 2.24) is 0 Å². The summed E-state index contributed by atoms with van der Waals surface area (Å²) in [5, 5.41) is 11.4. The molecule has 190 valence electrons. The van der Waals surface area contributed by atoms with Gasteiger partial charge in [0.15, 0.2) is 5.78 Å². The van der Waals surface area contributed by atoms with E-state index in [9.17, 15) is 24.5 Å². The minimum atomic E-state index is -1.23. The lowest BCUT2D eigenvalue weighted by atomic mass is 9.61. The highest BCUT2D eigenvalue weighted by Crippen LogP contribution is 2.75. The van der Waals surface area contributed by atoms with Crippen LogP contribution in [0.3, 0.4) is 0 Å². The second-order valence-corrected chi connectivity index (χ2v) is 10.5. The summed E-state index contributed by atoms with van der Waals surface area (Å²) in [4.78, 5) is 54.9. The minimum absolute atomic E-state index is 0.0834. The van der Waals surface area contributed by atoms with Crippen molar-refractivity contribution in [3.05, 3.63) is 106 Å². The smallest absolute Gasteiger partial charge is 0.271 e. The molecular weight excluding hydrogens is 480 g/mol. The summed E-state index contributed by atoms with van der Waals surface area (Å²) in [5.74, 6) is -2.80. The van der Waals surface area contributed by atoms with Gasteiger partial charge in [-0.25, -0.2) is 4.90 Å². The van der Waals surface area contributed by atoms with Crippen molar-refractivity contribution in [2.75, 3.05) is 4.90 Å². The number of nitrogens with zero attached hydrogens (tertiary/aromatic N) is 2. The second-order valence-electron chi connectivity index (χ2n) is 10.5. The van der Waals surface area contributed by atoms with Gasteiger partial charge in [0.05, 0.1) is 33.3 Å². The van der Waals surface area contributed by atoms with Crippen LogP contribution in [0.4, 0.5) is 11.4 Å². The Balaban J connectivity index is 1.63. The minimum Gasteiger partial charge on any atom is -0.298 e. The Kier molecular flexibility index (Phi) is 5.24. The Labute approximate surface area is 219 Å². The fourth-order valence-corrected chi connectivity index (χ4v) is 7.36. The molecule has 6 rings (SSSR count). The molecule has 4 atom stereocenters. The lowest BCUT2D eigenvalue weighted by Gasteiger charge is -2.37. The molecule has 3 aromatic carbocycles. The van der Waals surface area contributed by atoms with Crippen molar-refractivity contribution < 1.29 is 19.3 Å². The van der Waals surface area contributed by atoms with Gasteiger partial charge < -0.3 is 0 Å². The zero-order valence-electron chi connectivity index (χ0n) is 21.1. The summed E-state index contributed by atoms with van der Waals surface area (Å²) in [5.41, 5.74) is 0.886. The number of hydrogen-bond donors (Lipinski definition) is 0. The van der Waals surface area contributed by atoms with E-state index in [2.05, 4.69) is 0 Å². The number of carbonyl (C=O) groups is 3. The summed E-state index contributed by atoms with van der Waals surface area (Å²) in [6.07, 6.45) is 1.06. The van der Waals surface area contributed by atoms with Crippen molar-refractivity contribution in [2.45, 2.75) is 26.7 Å². The summed E-state index contributed by atoms with van der Waals surface area (Å²) in [6, 6.07) is 24.9. The molecule has 7 heteroatoms. The molecule has 2 bridgehead atoms. The van der Waals surface area contributed by atoms with E-state index in [0.29, 0.717) is 12.8 Å². The molecule has 1 saturated carbocycles. The molecule has 7 nitrogen and oxygen atoms in total. The third-order valence-electron chi connectivity index (χ3n) is 8.62. The van der Waals surface area contributed by atoms with Crippen molar-refractivity contribution in [1.29, 1.82) is 0 Å². The molecule has 0 aromatic heterocycles. The van der Waals surface area contributed by atoms with Crippen molar-refractivity contribution in [2.24, 2.45) is 22.7 Å². The maximum absolute atomic E-state index is 14.6. The van der Waals surface area contributed by atoms with Crippen molar-refractivity contribution in [3.63, 3.8) is 0 Å². The van der Waals surface area contributed by atoms with Crippen LogP contribution < -0.4 is 4.90 Å². The number of benzene rings is 3. The number of anilines is 1.